The number of amides is 5. The van der Waals surface area contributed by atoms with Crippen molar-refractivity contribution in [3.8, 4) is 0 Å². The van der Waals surface area contributed by atoms with Crippen molar-refractivity contribution in [3.05, 3.63) is 29.3 Å². The van der Waals surface area contributed by atoms with Crippen LogP contribution in [-0.4, -0.2) is 54.1 Å². The Morgan fingerprint density at radius 1 is 1.23 bits per heavy atom. The fraction of sp³-hybridized carbons (Fsp3) is 0.312. The lowest BCUT2D eigenvalue weighted by Crippen LogP contribution is -2.54. The lowest BCUT2D eigenvalue weighted by molar-refractivity contribution is -0.136. The van der Waals surface area contributed by atoms with Gasteiger partial charge in [0.2, 0.25) is 17.7 Å². The molecule has 1 aromatic rings. The fourth-order valence-electron chi connectivity index (χ4n) is 2.97. The van der Waals surface area contributed by atoms with Gasteiger partial charge in [0.1, 0.15) is 6.04 Å². The van der Waals surface area contributed by atoms with Crippen molar-refractivity contribution >= 4 is 47.6 Å². The number of hydrogen-bond donors (Lipinski definition) is 3. The molecular formula is C16H17ClN4O5. The topological polar surface area (TPSA) is 125 Å². The standard InChI is InChI=1S/C16H16N4O5.ClH/c1-17-7-12(22)18-9-4-2-3-8-13(9)16(25)20(15(8)24)10-5-6-11(21)19-14(10)23;/h2-4,10,17H,5-7H2,1H3,(H,18,22)(H,19,21,23);1H. The zero-order valence-electron chi connectivity index (χ0n) is 13.8. The van der Waals surface area contributed by atoms with E-state index in [0.717, 1.165) is 4.90 Å². The molecule has 1 atom stereocenters. The molecular weight excluding hydrogens is 364 g/mol. The molecule has 9 nitrogen and oxygen atoms in total. The highest BCUT2D eigenvalue weighted by Gasteiger charge is 2.45. The van der Waals surface area contributed by atoms with Gasteiger partial charge in [-0.3, -0.25) is 34.2 Å². The number of halogens is 1. The summed E-state index contributed by atoms with van der Waals surface area (Å²) in [6.45, 7) is 0.0443. The number of nitrogens with one attached hydrogen (secondary N) is 3. The summed E-state index contributed by atoms with van der Waals surface area (Å²) in [6, 6.07) is 3.50. The summed E-state index contributed by atoms with van der Waals surface area (Å²) in [4.78, 5) is 61.3. The van der Waals surface area contributed by atoms with E-state index in [9.17, 15) is 24.0 Å². The molecule has 2 aliphatic rings. The van der Waals surface area contributed by atoms with E-state index in [1.807, 2.05) is 0 Å². The van der Waals surface area contributed by atoms with Crippen LogP contribution in [0, 0.1) is 0 Å². The largest absolute Gasteiger partial charge is 0.324 e. The van der Waals surface area contributed by atoms with Crippen molar-refractivity contribution in [2.24, 2.45) is 0 Å². The van der Waals surface area contributed by atoms with Crippen LogP contribution < -0.4 is 16.0 Å². The van der Waals surface area contributed by atoms with Gasteiger partial charge in [-0.1, -0.05) is 6.07 Å². The number of anilines is 1. The molecule has 10 heteroatoms. The summed E-state index contributed by atoms with van der Waals surface area (Å²) < 4.78 is 0. The highest BCUT2D eigenvalue weighted by Crippen LogP contribution is 2.32. The predicted octanol–water partition coefficient (Wildman–Crippen LogP) is -0.333. The molecule has 0 aliphatic carbocycles. The number of piperidine rings is 1. The van der Waals surface area contributed by atoms with Crippen LogP contribution in [0.3, 0.4) is 0 Å². The number of imide groups is 2. The highest BCUT2D eigenvalue weighted by molar-refractivity contribution is 6.26. The second-order valence-electron chi connectivity index (χ2n) is 5.75. The van der Waals surface area contributed by atoms with Gasteiger partial charge in [0.25, 0.3) is 11.8 Å². The van der Waals surface area contributed by atoms with E-state index in [4.69, 9.17) is 0 Å². The summed E-state index contributed by atoms with van der Waals surface area (Å²) in [6.07, 6.45) is 0.132. The van der Waals surface area contributed by atoms with Crippen molar-refractivity contribution in [1.82, 2.24) is 15.5 Å². The van der Waals surface area contributed by atoms with Gasteiger partial charge in [0, 0.05) is 6.42 Å². The Morgan fingerprint density at radius 2 is 1.96 bits per heavy atom. The van der Waals surface area contributed by atoms with Crippen LogP contribution in [-0.2, 0) is 14.4 Å². The number of likely N-dealkylation sites (N-methyl/N-ethyl adjacent to an activating group) is 1. The summed E-state index contributed by atoms with van der Waals surface area (Å²) >= 11 is 0. The maximum atomic E-state index is 12.8. The molecule has 0 saturated carbocycles. The van der Waals surface area contributed by atoms with Crippen LogP contribution >= 0.6 is 12.4 Å². The second kappa shape index (κ2) is 7.63. The molecule has 2 aliphatic heterocycles. The Hall–Kier alpha value is -2.78. The highest BCUT2D eigenvalue weighted by atomic mass is 35.5. The molecule has 0 radical (unpaired) electrons. The molecule has 1 unspecified atom stereocenters. The Kier molecular flexibility index (Phi) is 5.73. The first-order valence-electron chi connectivity index (χ1n) is 7.73. The molecule has 3 rings (SSSR count). The molecule has 0 aromatic heterocycles. The monoisotopic (exact) mass is 380 g/mol. The molecule has 1 aromatic carbocycles. The Bertz CT molecular complexity index is 810. The second-order valence-corrected chi connectivity index (χ2v) is 5.75. The van der Waals surface area contributed by atoms with Crippen LogP contribution in [0.2, 0.25) is 0 Å². The molecule has 26 heavy (non-hydrogen) atoms. The van der Waals surface area contributed by atoms with Crippen molar-refractivity contribution < 1.29 is 24.0 Å². The van der Waals surface area contributed by atoms with Gasteiger partial charge in [-0.25, -0.2) is 0 Å². The minimum atomic E-state index is -1.04. The van der Waals surface area contributed by atoms with Gasteiger partial charge >= 0.3 is 0 Å². The Labute approximate surface area is 154 Å². The molecule has 1 saturated heterocycles. The Morgan fingerprint density at radius 3 is 2.62 bits per heavy atom. The molecule has 1 fully saturated rings. The average molecular weight is 381 g/mol. The first-order chi connectivity index (χ1) is 11.9. The average Bonchev–Trinajstić information content (AvgIpc) is 2.81. The van der Waals surface area contributed by atoms with Crippen molar-refractivity contribution in [3.63, 3.8) is 0 Å². The molecule has 5 amide bonds. The first-order valence-corrected chi connectivity index (χ1v) is 7.73. The maximum Gasteiger partial charge on any atom is 0.264 e. The smallest absolute Gasteiger partial charge is 0.264 e. The van der Waals surface area contributed by atoms with Gasteiger partial charge < -0.3 is 10.6 Å². The third-order valence-corrected chi connectivity index (χ3v) is 4.08. The SMILES string of the molecule is CNCC(=O)Nc1cccc2c1C(=O)N(C1CCC(=O)NC1=O)C2=O.Cl. The predicted molar refractivity (Wildman–Crippen MR) is 92.9 cm³/mol. The van der Waals surface area contributed by atoms with Crippen LogP contribution in [0.5, 0.6) is 0 Å². The van der Waals surface area contributed by atoms with Gasteiger partial charge in [0.05, 0.1) is 23.4 Å². The van der Waals surface area contributed by atoms with Crippen molar-refractivity contribution in [1.29, 1.82) is 0 Å². The number of carbonyl (C=O) groups is 5. The summed E-state index contributed by atoms with van der Waals surface area (Å²) in [5, 5.41) is 7.40. The summed E-state index contributed by atoms with van der Waals surface area (Å²) in [5.74, 6) is -2.74. The van der Waals surface area contributed by atoms with Crippen LogP contribution in [0.4, 0.5) is 5.69 Å². The molecule has 2 heterocycles. The lowest BCUT2D eigenvalue weighted by atomic mass is 10.0. The van der Waals surface area contributed by atoms with Crippen molar-refractivity contribution in [2.75, 3.05) is 18.9 Å². The minimum Gasteiger partial charge on any atom is -0.324 e. The Balaban J connectivity index is 0.00000243. The fourth-order valence-corrected chi connectivity index (χ4v) is 2.97. The number of rotatable bonds is 4. The maximum absolute atomic E-state index is 12.8. The third kappa shape index (κ3) is 3.31. The van der Waals surface area contributed by atoms with E-state index < -0.39 is 29.7 Å². The van der Waals surface area contributed by atoms with Crippen LogP contribution in [0.25, 0.3) is 0 Å². The quantitative estimate of drug-likeness (QED) is 0.614. The van der Waals surface area contributed by atoms with E-state index in [1.54, 1.807) is 13.1 Å². The third-order valence-electron chi connectivity index (χ3n) is 4.08. The lowest BCUT2D eigenvalue weighted by Gasteiger charge is -2.27. The number of hydrogen-bond acceptors (Lipinski definition) is 6. The van der Waals surface area contributed by atoms with Crippen molar-refractivity contribution in [2.45, 2.75) is 18.9 Å². The van der Waals surface area contributed by atoms with E-state index in [-0.39, 0.29) is 54.5 Å². The molecule has 3 N–H and O–H groups in total. The van der Waals surface area contributed by atoms with Gasteiger partial charge in [0.15, 0.2) is 0 Å². The van der Waals surface area contributed by atoms with Gasteiger partial charge in [-0.15, -0.1) is 12.4 Å². The van der Waals surface area contributed by atoms with Gasteiger partial charge in [-0.05, 0) is 25.6 Å². The molecule has 0 spiro atoms. The minimum absolute atomic E-state index is 0. The van der Waals surface area contributed by atoms with Gasteiger partial charge in [-0.2, -0.15) is 0 Å². The summed E-state index contributed by atoms with van der Waals surface area (Å²) in [7, 11) is 1.61. The number of fused-ring (bicyclic) bond motifs is 1. The van der Waals surface area contributed by atoms with Crippen LogP contribution in [0.1, 0.15) is 33.6 Å². The van der Waals surface area contributed by atoms with E-state index in [0.29, 0.717) is 0 Å². The van der Waals surface area contributed by atoms with E-state index in [1.165, 1.54) is 12.1 Å². The summed E-state index contributed by atoms with van der Waals surface area (Å²) in [5.41, 5.74) is 0.393. The number of nitrogens with zero attached hydrogens (tertiary/aromatic N) is 1. The number of benzene rings is 1. The van der Waals surface area contributed by atoms with E-state index >= 15 is 0 Å². The first kappa shape index (κ1) is 19.5. The van der Waals surface area contributed by atoms with Crippen LogP contribution in [0.15, 0.2) is 18.2 Å². The van der Waals surface area contributed by atoms with E-state index in [2.05, 4.69) is 16.0 Å². The number of carbonyl (C=O) groups excluding carboxylic acids is 5. The zero-order chi connectivity index (χ0) is 18.1. The molecule has 138 valence electrons. The zero-order valence-corrected chi connectivity index (χ0v) is 14.6. The normalized spacial score (nSPS) is 19.0. The molecule has 0 bridgehead atoms.